The van der Waals surface area contributed by atoms with E-state index in [1.807, 2.05) is 49.4 Å². The third kappa shape index (κ3) is 4.43. The molecular formula is C26H35N3O4. The summed E-state index contributed by atoms with van der Waals surface area (Å²) in [5, 5.41) is 16.3. The van der Waals surface area contributed by atoms with Crippen LogP contribution in [-0.4, -0.2) is 53.5 Å². The van der Waals surface area contributed by atoms with Gasteiger partial charge in [-0.2, -0.15) is 0 Å². The molecule has 0 spiro atoms. The summed E-state index contributed by atoms with van der Waals surface area (Å²) >= 11 is 0. The highest BCUT2D eigenvalue weighted by Crippen LogP contribution is 2.46. The second-order valence-corrected chi connectivity index (χ2v) is 9.63. The predicted octanol–water partition coefficient (Wildman–Crippen LogP) is 2.18. The van der Waals surface area contributed by atoms with Crippen molar-refractivity contribution in [2.24, 2.45) is 23.7 Å². The summed E-state index contributed by atoms with van der Waals surface area (Å²) in [7, 11) is 1.58. The minimum atomic E-state index is -0.766. The summed E-state index contributed by atoms with van der Waals surface area (Å²) in [6.45, 7) is 1.63. The number of benzene rings is 1. The zero-order chi connectivity index (χ0) is 23.5. The number of nitrogens with zero attached hydrogens (tertiary/aromatic N) is 1. The molecule has 7 heteroatoms. The molecule has 2 fully saturated rings. The first-order valence-corrected chi connectivity index (χ1v) is 12.2. The molecule has 1 saturated carbocycles. The summed E-state index contributed by atoms with van der Waals surface area (Å²) in [6.07, 6.45) is 9.13. The van der Waals surface area contributed by atoms with Gasteiger partial charge in [0, 0.05) is 19.0 Å². The van der Waals surface area contributed by atoms with Crippen molar-refractivity contribution < 1.29 is 19.5 Å². The number of amides is 3. The van der Waals surface area contributed by atoms with E-state index in [0.717, 1.165) is 31.2 Å². The van der Waals surface area contributed by atoms with Gasteiger partial charge in [-0.1, -0.05) is 68.7 Å². The molecule has 0 radical (unpaired) electrons. The Morgan fingerprint density at radius 3 is 2.42 bits per heavy atom. The monoisotopic (exact) mass is 453 g/mol. The van der Waals surface area contributed by atoms with Crippen molar-refractivity contribution in [3.63, 3.8) is 0 Å². The van der Waals surface area contributed by atoms with Gasteiger partial charge in [-0.15, -0.1) is 0 Å². The Kier molecular flexibility index (Phi) is 7.17. The number of aliphatic hydroxyl groups excluding tert-OH is 1. The van der Waals surface area contributed by atoms with Gasteiger partial charge < -0.3 is 20.6 Å². The predicted molar refractivity (Wildman–Crippen MR) is 125 cm³/mol. The van der Waals surface area contributed by atoms with Crippen LogP contribution >= 0.6 is 0 Å². The van der Waals surface area contributed by atoms with E-state index in [9.17, 15) is 19.5 Å². The summed E-state index contributed by atoms with van der Waals surface area (Å²) in [5.41, 5.74) is 0.774. The van der Waals surface area contributed by atoms with Crippen LogP contribution in [0.15, 0.2) is 42.5 Å². The van der Waals surface area contributed by atoms with Gasteiger partial charge in [-0.3, -0.25) is 14.4 Å². The average Bonchev–Trinajstić information content (AvgIpc) is 3.13. The smallest absolute Gasteiger partial charge is 0.243 e. The highest BCUT2D eigenvalue weighted by atomic mass is 16.3. The van der Waals surface area contributed by atoms with E-state index >= 15 is 0 Å². The van der Waals surface area contributed by atoms with Crippen molar-refractivity contribution in [3.8, 4) is 0 Å². The molecule has 33 heavy (non-hydrogen) atoms. The fraction of sp³-hybridized carbons (Fsp3) is 0.577. The molecule has 1 aromatic carbocycles. The SMILES string of the molecule is CNC(=O)[C@H]1[C@@H]2C(=O)N([C@H](CO)c3ccccc3)[C@H](C(=O)NC3CCCCC3)[C@H]2C=C[C@H]1C. The normalized spacial score (nSPS) is 30.6. The minimum absolute atomic E-state index is 0.104. The van der Waals surface area contributed by atoms with Crippen LogP contribution in [0.5, 0.6) is 0 Å². The van der Waals surface area contributed by atoms with Crippen molar-refractivity contribution in [3.05, 3.63) is 48.0 Å². The number of likely N-dealkylation sites (tertiary alicyclic amines) is 1. The number of fused-ring (bicyclic) bond motifs is 1. The number of carbonyl (C=O) groups is 3. The van der Waals surface area contributed by atoms with Crippen LogP contribution in [0, 0.1) is 23.7 Å². The summed E-state index contributed by atoms with van der Waals surface area (Å²) < 4.78 is 0. The largest absolute Gasteiger partial charge is 0.394 e. The number of nitrogens with one attached hydrogen (secondary N) is 2. The Morgan fingerprint density at radius 2 is 1.79 bits per heavy atom. The molecule has 1 aliphatic heterocycles. The Labute approximate surface area is 195 Å². The third-order valence-corrected chi connectivity index (χ3v) is 7.67. The van der Waals surface area contributed by atoms with Crippen LogP contribution < -0.4 is 10.6 Å². The first kappa shape index (κ1) is 23.5. The first-order valence-electron chi connectivity index (χ1n) is 12.2. The van der Waals surface area contributed by atoms with Gasteiger partial charge in [0.2, 0.25) is 17.7 Å². The first-order chi connectivity index (χ1) is 16.0. The Hall–Kier alpha value is -2.67. The minimum Gasteiger partial charge on any atom is -0.394 e. The van der Waals surface area contributed by atoms with E-state index in [2.05, 4.69) is 10.6 Å². The Morgan fingerprint density at radius 1 is 1.09 bits per heavy atom. The molecule has 0 bridgehead atoms. The van der Waals surface area contributed by atoms with Gasteiger partial charge in [-0.25, -0.2) is 0 Å². The van der Waals surface area contributed by atoms with Gasteiger partial charge in [0.05, 0.1) is 24.5 Å². The standard InChI is InChI=1S/C26H35N3O4/c1-16-13-14-19-22(21(16)24(31)27-2)26(33)29(20(15-30)17-9-5-3-6-10-17)23(19)25(32)28-18-11-7-4-8-12-18/h3,5-6,9-10,13-14,16,18-23,30H,4,7-8,11-12,15H2,1-2H3,(H,27,31)(H,28,32)/t16-,19+,20-,21-,22-,23+/m1/s1. The Bertz CT molecular complexity index is 896. The van der Waals surface area contributed by atoms with E-state index < -0.39 is 29.8 Å². The van der Waals surface area contributed by atoms with Crippen LogP contribution in [0.25, 0.3) is 0 Å². The fourth-order valence-electron chi connectivity index (χ4n) is 6.00. The molecule has 4 rings (SSSR count). The number of rotatable bonds is 6. The van der Waals surface area contributed by atoms with Crippen molar-refractivity contribution in [1.29, 1.82) is 0 Å². The lowest BCUT2D eigenvalue weighted by atomic mass is 9.70. The molecular weight excluding hydrogens is 418 g/mol. The van der Waals surface area contributed by atoms with Gasteiger partial charge in [0.1, 0.15) is 6.04 Å². The molecule has 3 amide bonds. The number of aliphatic hydroxyl groups is 1. The summed E-state index contributed by atoms with van der Waals surface area (Å²) in [5.74, 6) is -2.35. The highest BCUT2D eigenvalue weighted by Gasteiger charge is 2.58. The molecule has 178 valence electrons. The van der Waals surface area contributed by atoms with Gasteiger partial charge >= 0.3 is 0 Å². The van der Waals surface area contributed by atoms with Crippen LogP contribution in [0.1, 0.15) is 50.6 Å². The number of allylic oxidation sites excluding steroid dienone is 1. The van der Waals surface area contributed by atoms with E-state index in [-0.39, 0.29) is 36.3 Å². The average molecular weight is 454 g/mol. The van der Waals surface area contributed by atoms with Gasteiger partial charge in [-0.05, 0) is 24.3 Å². The summed E-state index contributed by atoms with van der Waals surface area (Å²) in [6, 6.07) is 8.01. The van der Waals surface area contributed by atoms with Crippen molar-refractivity contribution in [2.45, 2.75) is 57.2 Å². The van der Waals surface area contributed by atoms with Crippen molar-refractivity contribution >= 4 is 17.7 Å². The second-order valence-electron chi connectivity index (χ2n) is 9.63. The second kappa shape index (κ2) is 10.1. The van der Waals surface area contributed by atoms with Crippen LogP contribution in [0.2, 0.25) is 0 Å². The topological polar surface area (TPSA) is 98.7 Å². The maximum atomic E-state index is 13.9. The number of hydrogen-bond acceptors (Lipinski definition) is 4. The van der Waals surface area contributed by atoms with E-state index in [1.54, 1.807) is 11.9 Å². The van der Waals surface area contributed by atoms with Crippen LogP contribution in [0.3, 0.4) is 0 Å². The quantitative estimate of drug-likeness (QED) is 0.575. The molecule has 0 unspecified atom stereocenters. The van der Waals surface area contributed by atoms with Gasteiger partial charge in [0.25, 0.3) is 0 Å². The molecule has 1 heterocycles. The number of hydrogen-bond donors (Lipinski definition) is 3. The van der Waals surface area contributed by atoms with E-state index in [4.69, 9.17) is 0 Å². The fourth-order valence-corrected chi connectivity index (χ4v) is 6.00. The maximum absolute atomic E-state index is 13.9. The molecule has 6 atom stereocenters. The van der Waals surface area contributed by atoms with E-state index in [1.165, 1.54) is 6.42 Å². The third-order valence-electron chi connectivity index (χ3n) is 7.67. The number of carbonyl (C=O) groups excluding carboxylic acids is 3. The molecule has 1 aromatic rings. The lowest BCUT2D eigenvalue weighted by Gasteiger charge is -2.35. The molecule has 0 aromatic heterocycles. The van der Waals surface area contributed by atoms with Crippen LogP contribution in [-0.2, 0) is 14.4 Å². The maximum Gasteiger partial charge on any atom is 0.243 e. The lowest BCUT2D eigenvalue weighted by molar-refractivity contribution is -0.143. The van der Waals surface area contributed by atoms with Crippen molar-refractivity contribution in [2.75, 3.05) is 13.7 Å². The van der Waals surface area contributed by atoms with Crippen molar-refractivity contribution in [1.82, 2.24) is 15.5 Å². The van der Waals surface area contributed by atoms with E-state index in [0.29, 0.717) is 0 Å². The molecule has 2 aliphatic carbocycles. The molecule has 3 N–H and O–H groups in total. The zero-order valence-corrected chi connectivity index (χ0v) is 19.4. The molecule has 1 saturated heterocycles. The molecule has 7 nitrogen and oxygen atoms in total. The molecule has 3 aliphatic rings. The zero-order valence-electron chi connectivity index (χ0n) is 19.4. The van der Waals surface area contributed by atoms with Crippen LogP contribution in [0.4, 0.5) is 0 Å². The Balaban J connectivity index is 1.73. The highest BCUT2D eigenvalue weighted by molar-refractivity contribution is 5.97. The van der Waals surface area contributed by atoms with Gasteiger partial charge in [0.15, 0.2) is 0 Å². The lowest BCUT2D eigenvalue weighted by Crippen LogP contribution is -2.51. The summed E-state index contributed by atoms with van der Waals surface area (Å²) in [4.78, 5) is 42.0.